The first-order valence-electron chi connectivity index (χ1n) is 5.66. The quantitative estimate of drug-likeness (QED) is 0.725. The number of anilines is 1. The predicted octanol–water partition coefficient (Wildman–Crippen LogP) is 2.84. The van der Waals surface area contributed by atoms with Crippen LogP contribution in [0.4, 0.5) is 5.69 Å². The average molecular weight is 437 g/mol. The van der Waals surface area contributed by atoms with E-state index in [2.05, 4.69) is 27.9 Å². The molecule has 2 aromatic carbocycles. The molecule has 21 heavy (non-hydrogen) atoms. The summed E-state index contributed by atoms with van der Waals surface area (Å²) in [4.78, 5) is 11.8. The average Bonchev–Trinajstić information content (AvgIpc) is 2.37. The molecule has 0 heterocycles. The zero-order valence-corrected chi connectivity index (χ0v) is 14.2. The number of rotatable bonds is 3. The Morgan fingerprint density at radius 3 is 2.52 bits per heavy atom. The number of hydrogen-bond acceptors (Lipinski definition) is 3. The van der Waals surface area contributed by atoms with E-state index >= 15 is 0 Å². The van der Waals surface area contributed by atoms with Crippen LogP contribution in [0, 0.1) is 3.57 Å². The van der Waals surface area contributed by atoms with Crippen LogP contribution in [0.25, 0.3) is 0 Å². The zero-order valence-electron chi connectivity index (χ0n) is 10.5. The van der Waals surface area contributed by atoms with Gasteiger partial charge in [0.1, 0.15) is 4.90 Å². The van der Waals surface area contributed by atoms with Gasteiger partial charge >= 0.3 is 0 Å². The first kappa shape index (κ1) is 16.2. The Hall–Kier alpha value is -1.16. The molecule has 0 aliphatic heterocycles. The van der Waals surface area contributed by atoms with Gasteiger partial charge in [-0.1, -0.05) is 17.7 Å². The third-order valence-corrected chi connectivity index (χ3v) is 4.65. The van der Waals surface area contributed by atoms with Crippen molar-refractivity contribution in [2.45, 2.75) is 4.90 Å². The summed E-state index contributed by atoms with van der Waals surface area (Å²) in [6.45, 7) is 0. The monoisotopic (exact) mass is 436 g/mol. The van der Waals surface area contributed by atoms with E-state index in [-0.39, 0.29) is 15.5 Å². The van der Waals surface area contributed by atoms with Gasteiger partial charge in [0.15, 0.2) is 0 Å². The van der Waals surface area contributed by atoms with Crippen molar-refractivity contribution in [3.63, 3.8) is 0 Å². The van der Waals surface area contributed by atoms with Crippen LogP contribution in [-0.4, -0.2) is 14.3 Å². The molecule has 0 spiro atoms. The highest BCUT2D eigenvalue weighted by Gasteiger charge is 2.16. The van der Waals surface area contributed by atoms with Gasteiger partial charge in [-0.3, -0.25) is 4.79 Å². The number of nitrogens with one attached hydrogen (secondary N) is 1. The molecule has 0 saturated heterocycles. The third-order valence-electron chi connectivity index (χ3n) is 2.58. The van der Waals surface area contributed by atoms with Gasteiger partial charge < -0.3 is 5.32 Å². The van der Waals surface area contributed by atoms with Crippen LogP contribution in [0.2, 0.25) is 5.02 Å². The third kappa shape index (κ3) is 4.16. The molecule has 0 saturated carbocycles. The summed E-state index contributed by atoms with van der Waals surface area (Å²) in [5.41, 5.74) is 0.765. The van der Waals surface area contributed by atoms with E-state index in [1.165, 1.54) is 12.1 Å². The van der Waals surface area contributed by atoms with Crippen LogP contribution >= 0.6 is 34.2 Å². The molecule has 2 aromatic rings. The molecular weight excluding hydrogens is 427 g/mol. The van der Waals surface area contributed by atoms with E-state index in [4.69, 9.17) is 16.7 Å². The van der Waals surface area contributed by atoms with Gasteiger partial charge in [-0.2, -0.15) is 0 Å². The number of nitrogens with two attached hydrogens (primary N) is 1. The van der Waals surface area contributed by atoms with E-state index in [9.17, 15) is 13.2 Å². The maximum Gasteiger partial charge on any atom is 0.255 e. The molecule has 5 nitrogen and oxygen atoms in total. The second-order valence-electron chi connectivity index (χ2n) is 4.15. The Morgan fingerprint density at radius 1 is 1.19 bits per heavy atom. The van der Waals surface area contributed by atoms with Crippen LogP contribution < -0.4 is 10.5 Å². The zero-order chi connectivity index (χ0) is 15.6. The number of amides is 1. The highest BCUT2D eigenvalue weighted by atomic mass is 127. The van der Waals surface area contributed by atoms with Crippen LogP contribution in [0.15, 0.2) is 47.4 Å². The lowest BCUT2D eigenvalue weighted by molar-refractivity contribution is 0.102. The van der Waals surface area contributed by atoms with Crippen molar-refractivity contribution in [2.75, 3.05) is 5.32 Å². The van der Waals surface area contributed by atoms with Gasteiger partial charge in [0.25, 0.3) is 5.91 Å². The molecule has 0 unspecified atom stereocenters. The normalized spacial score (nSPS) is 11.2. The first-order valence-corrected chi connectivity index (χ1v) is 8.67. The molecule has 0 radical (unpaired) electrons. The fraction of sp³-hybridized carbons (Fsp3) is 0. The predicted molar refractivity (Wildman–Crippen MR) is 89.9 cm³/mol. The highest BCUT2D eigenvalue weighted by molar-refractivity contribution is 14.1. The van der Waals surface area contributed by atoms with Crippen molar-refractivity contribution in [3.8, 4) is 0 Å². The SMILES string of the molecule is NS(=O)(=O)c1cc(C(=O)Nc2cccc(I)c2)ccc1Cl. The summed E-state index contributed by atoms with van der Waals surface area (Å²) >= 11 is 7.90. The number of hydrogen-bond donors (Lipinski definition) is 2. The standard InChI is InChI=1S/C13H10ClIN2O3S/c14-11-5-4-8(6-12(11)21(16,19)20)13(18)17-10-3-1-2-9(15)7-10/h1-7H,(H,17,18)(H2,16,19,20). The van der Waals surface area contributed by atoms with Crippen molar-refractivity contribution in [2.24, 2.45) is 5.14 Å². The van der Waals surface area contributed by atoms with Crippen molar-refractivity contribution in [1.82, 2.24) is 0 Å². The molecular formula is C13H10ClIN2O3S. The second kappa shape index (κ2) is 6.30. The first-order chi connectivity index (χ1) is 9.77. The number of carbonyl (C=O) groups excluding carboxylic acids is 1. The minimum absolute atomic E-state index is 0.0247. The maximum atomic E-state index is 12.1. The lowest BCUT2D eigenvalue weighted by Gasteiger charge is -2.08. The summed E-state index contributed by atoms with van der Waals surface area (Å²) in [6.07, 6.45) is 0. The van der Waals surface area contributed by atoms with E-state index in [0.717, 1.165) is 9.64 Å². The summed E-state index contributed by atoms with van der Waals surface area (Å²) in [6, 6.07) is 11.1. The summed E-state index contributed by atoms with van der Waals surface area (Å²) in [5, 5.41) is 7.70. The Morgan fingerprint density at radius 2 is 1.90 bits per heavy atom. The topological polar surface area (TPSA) is 89.3 Å². The molecule has 3 N–H and O–H groups in total. The number of primary sulfonamides is 1. The molecule has 0 atom stereocenters. The summed E-state index contributed by atoms with van der Waals surface area (Å²) < 4.78 is 23.7. The minimum Gasteiger partial charge on any atom is -0.322 e. The Balaban J connectivity index is 2.32. The largest absolute Gasteiger partial charge is 0.322 e. The number of halogens is 2. The molecule has 0 aromatic heterocycles. The fourth-order valence-electron chi connectivity index (χ4n) is 1.63. The minimum atomic E-state index is -3.98. The summed E-state index contributed by atoms with van der Waals surface area (Å²) in [5.74, 6) is -0.446. The van der Waals surface area contributed by atoms with Gasteiger partial charge in [0.2, 0.25) is 10.0 Å². The van der Waals surface area contributed by atoms with Crippen LogP contribution in [-0.2, 0) is 10.0 Å². The smallest absolute Gasteiger partial charge is 0.255 e. The van der Waals surface area contributed by atoms with Crippen molar-refractivity contribution in [1.29, 1.82) is 0 Å². The van der Waals surface area contributed by atoms with Crippen LogP contribution in [0.1, 0.15) is 10.4 Å². The second-order valence-corrected chi connectivity index (χ2v) is 7.34. The molecule has 2 rings (SSSR count). The van der Waals surface area contributed by atoms with Crippen molar-refractivity contribution in [3.05, 3.63) is 56.6 Å². The fourth-order valence-corrected chi connectivity index (χ4v) is 3.25. The van der Waals surface area contributed by atoms with Gasteiger partial charge in [0.05, 0.1) is 5.02 Å². The Labute approximate surface area is 140 Å². The van der Waals surface area contributed by atoms with Crippen LogP contribution in [0.5, 0.6) is 0 Å². The van der Waals surface area contributed by atoms with E-state index in [1.807, 2.05) is 6.07 Å². The molecule has 0 fully saturated rings. The van der Waals surface area contributed by atoms with Crippen LogP contribution in [0.3, 0.4) is 0 Å². The number of sulfonamides is 1. The Kier molecular flexibility index (Phi) is 4.87. The Bertz CT molecular complexity index is 809. The molecule has 0 bridgehead atoms. The molecule has 1 amide bonds. The van der Waals surface area contributed by atoms with Crippen molar-refractivity contribution < 1.29 is 13.2 Å². The van der Waals surface area contributed by atoms with Gasteiger partial charge in [0, 0.05) is 14.8 Å². The summed E-state index contributed by atoms with van der Waals surface area (Å²) in [7, 11) is -3.98. The molecule has 0 aliphatic carbocycles. The van der Waals surface area contributed by atoms with Gasteiger partial charge in [-0.15, -0.1) is 0 Å². The van der Waals surface area contributed by atoms with Crippen molar-refractivity contribution >= 4 is 55.8 Å². The lowest BCUT2D eigenvalue weighted by atomic mass is 10.2. The maximum absolute atomic E-state index is 12.1. The lowest BCUT2D eigenvalue weighted by Crippen LogP contribution is -2.16. The van der Waals surface area contributed by atoms with E-state index < -0.39 is 15.9 Å². The number of carbonyl (C=O) groups is 1. The highest BCUT2D eigenvalue weighted by Crippen LogP contribution is 2.22. The van der Waals surface area contributed by atoms with E-state index in [0.29, 0.717) is 5.69 Å². The van der Waals surface area contributed by atoms with Gasteiger partial charge in [-0.25, -0.2) is 13.6 Å². The van der Waals surface area contributed by atoms with Gasteiger partial charge in [-0.05, 0) is 59.0 Å². The molecule has 110 valence electrons. The number of benzene rings is 2. The van der Waals surface area contributed by atoms with E-state index in [1.54, 1.807) is 18.2 Å². The molecule has 0 aliphatic rings. The molecule has 8 heteroatoms.